The molecule has 0 radical (unpaired) electrons. The number of Topliss-reactive ketones (excluding diaryl/α,β-unsaturated/α-hetero) is 1. The van der Waals surface area contributed by atoms with Gasteiger partial charge in [0.1, 0.15) is 5.82 Å². The first kappa shape index (κ1) is 12.5. The fraction of sp³-hybridized carbons (Fsp3) is 0.188. The summed E-state index contributed by atoms with van der Waals surface area (Å²) in [6.45, 7) is 2.07. The minimum atomic E-state index is -0.323. The zero-order valence-corrected chi connectivity index (χ0v) is 10.3. The highest BCUT2D eigenvalue weighted by Gasteiger charge is 2.09. The van der Waals surface area contributed by atoms with Crippen LogP contribution in [-0.4, -0.2) is 5.78 Å². The summed E-state index contributed by atoms with van der Waals surface area (Å²) in [5, 5.41) is 0. The predicted octanol–water partition coefficient (Wildman–Crippen LogP) is 3.81. The van der Waals surface area contributed by atoms with Crippen LogP contribution in [0.4, 0.5) is 4.39 Å². The fourth-order valence-electron chi connectivity index (χ4n) is 1.84. The Morgan fingerprint density at radius 1 is 1.06 bits per heavy atom. The highest BCUT2D eigenvalue weighted by atomic mass is 19.1. The molecule has 0 unspecified atom stereocenters. The van der Waals surface area contributed by atoms with Gasteiger partial charge < -0.3 is 0 Å². The Bertz CT molecular complexity index is 543. The van der Waals surface area contributed by atoms with Crippen LogP contribution >= 0.6 is 0 Å². The van der Waals surface area contributed by atoms with Crippen molar-refractivity contribution in [2.24, 2.45) is 0 Å². The van der Waals surface area contributed by atoms with Gasteiger partial charge in [0, 0.05) is 12.0 Å². The van der Waals surface area contributed by atoms with E-state index in [1.165, 1.54) is 11.6 Å². The molecule has 0 amide bonds. The van der Waals surface area contributed by atoms with E-state index in [2.05, 4.69) is 6.92 Å². The lowest BCUT2D eigenvalue weighted by Gasteiger charge is -2.04. The minimum Gasteiger partial charge on any atom is -0.294 e. The summed E-state index contributed by atoms with van der Waals surface area (Å²) >= 11 is 0. The van der Waals surface area contributed by atoms with Crippen molar-refractivity contribution >= 4 is 5.78 Å². The van der Waals surface area contributed by atoms with Gasteiger partial charge in [-0.25, -0.2) is 4.39 Å². The monoisotopic (exact) mass is 242 g/mol. The molecular formula is C16H15FO. The molecule has 0 N–H and O–H groups in total. The first-order chi connectivity index (χ1) is 8.70. The van der Waals surface area contributed by atoms with Crippen LogP contribution in [0.3, 0.4) is 0 Å². The molecule has 0 aliphatic carbocycles. The summed E-state index contributed by atoms with van der Waals surface area (Å²) < 4.78 is 13.4. The van der Waals surface area contributed by atoms with Crippen molar-refractivity contribution in [3.05, 3.63) is 71.0 Å². The third-order valence-corrected chi connectivity index (χ3v) is 2.99. The molecule has 92 valence electrons. The normalized spacial score (nSPS) is 10.3. The van der Waals surface area contributed by atoms with Crippen LogP contribution in [0.1, 0.15) is 28.4 Å². The van der Waals surface area contributed by atoms with Crippen LogP contribution in [0.5, 0.6) is 0 Å². The quantitative estimate of drug-likeness (QED) is 0.745. The molecule has 2 rings (SSSR count). The van der Waals surface area contributed by atoms with Gasteiger partial charge in [0.25, 0.3) is 0 Å². The molecule has 0 aliphatic rings. The third kappa shape index (κ3) is 2.83. The van der Waals surface area contributed by atoms with Crippen molar-refractivity contribution in [3.8, 4) is 0 Å². The molecule has 18 heavy (non-hydrogen) atoms. The van der Waals surface area contributed by atoms with E-state index in [0.29, 0.717) is 11.1 Å². The Balaban J connectivity index is 2.14. The van der Waals surface area contributed by atoms with E-state index < -0.39 is 0 Å². The first-order valence-electron chi connectivity index (χ1n) is 6.06. The van der Waals surface area contributed by atoms with E-state index in [9.17, 15) is 9.18 Å². The van der Waals surface area contributed by atoms with Gasteiger partial charge in [0.15, 0.2) is 5.78 Å². The van der Waals surface area contributed by atoms with E-state index in [0.717, 1.165) is 6.42 Å². The number of ketones is 1. The van der Waals surface area contributed by atoms with Gasteiger partial charge in [-0.1, -0.05) is 49.4 Å². The molecule has 0 aliphatic heterocycles. The van der Waals surface area contributed by atoms with Gasteiger partial charge in [0.05, 0.1) is 0 Å². The fourth-order valence-corrected chi connectivity index (χ4v) is 1.84. The number of rotatable bonds is 4. The van der Waals surface area contributed by atoms with Crippen LogP contribution in [0.2, 0.25) is 0 Å². The van der Waals surface area contributed by atoms with Crippen LogP contribution in [-0.2, 0) is 12.8 Å². The van der Waals surface area contributed by atoms with Crippen LogP contribution < -0.4 is 0 Å². The van der Waals surface area contributed by atoms with Crippen molar-refractivity contribution in [1.82, 2.24) is 0 Å². The second-order valence-electron chi connectivity index (χ2n) is 4.24. The lowest BCUT2D eigenvalue weighted by molar-refractivity contribution is 0.0992. The Morgan fingerprint density at radius 2 is 1.72 bits per heavy atom. The van der Waals surface area contributed by atoms with Crippen LogP contribution in [0.25, 0.3) is 0 Å². The number of carbonyl (C=O) groups is 1. The average Bonchev–Trinajstić information content (AvgIpc) is 2.41. The summed E-state index contributed by atoms with van der Waals surface area (Å²) in [7, 11) is 0. The van der Waals surface area contributed by atoms with E-state index >= 15 is 0 Å². The Hall–Kier alpha value is -1.96. The van der Waals surface area contributed by atoms with Crippen molar-refractivity contribution in [1.29, 1.82) is 0 Å². The number of carbonyl (C=O) groups excluding carboxylic acids is 1. The maximum Gasteiger partial charge on any atom is 0.167 e. The number of benzene rings is 2. The molecule has 2 aromatic carbocycles. The van der Waals surface area contributed by atoms with E-state index in [1.54, 1.807) is 18.2 Å². The summed E-state index contributed by atoms with van der Waals surface area (Å²) in [5.74, 6) is -0.376. The molecule has 0 spiro atoms. The molecule has 0 heterocycles. The number of halogens is 1. The number of aryl methyl sites for hydroxylation is 1. The van der Waals surface area contributed by atoms with E-state index in [4.69, 9.17) is 0 Å². The summed E-state index contributed by atoms with van der Waals surface area (Å²) in [6.07, 6.45) is 1.06. The zero-order chi connectivity index (χ0) is 13.0. The molecular weight excluding hydrogens is 227 g/mol. The smallest absolute Gasteiger partial charge is 0.167 e. The van der Waals surface area contributed by atoms with Gasteiger partial charge >= 0.3 is 0 Å². The number of hydrogen-bond acceptors (Lipinski definition) is 1. The third-order valence-electron chi connectivity index (χ3n) is 2.99. The second-order valence-corrected chi connectivity index (χ2v) is 4.24. The zero-order valence-electron chi connectivity index (χ0n) is 10.3. The summed E-state index contributed by atoms with van der Waals surface area (Å²) in [4.78, 5) is 12.0. The Morgan fingerprint density at radius 3 is 2.33 bits per heavy atom. The van der Waals surface area contributed by atoms with Gasteiger partial charge in [0.2, 0.25) is 0 Å². The minimum absolute atomic E-state index is 0.0530. The summed E-state index contributed by atoms with van der Waals surface area (Å²) in [5.41, 5.74) is 2.27. The topological polar surface area (TPSA) is 17.1 Å². The lowest BCUT2D eigenvalue weighted by atomic mass is 10.0. The molecule has 0 saturated heterocycles. The van der Waals surface area contributed by atoms with E-state index in [1.807, 2.05) is 24.3 Å². The second kappa shape index (κ2) is 5.58. The van der Waals surface area contributed by atoms with Gasteiger partial charge in [-0.15, -0.1) is 0 Å². The molecule has 0 bridgehead atoms. The van der Waals surface area contributed by atoms with Crippen molar-refractivity contribution in [2.75, 3.05) is 0 Å². The van der Waals surface area contributed by atoms with E-state index in [-0.39, 0.29) is 18.0 Å². The molecule has 2 heteroatoms. The molecule has 0 aromatic heterocycles. The van der Waals surface area contributed by atoms with Crippen LogP contribution in [0.15, 0.2) is 48.5 Å². The van der Waals surface area contributed by atoms with Crippen molar-refractivity contribution < 1.29 is 9.18 Å². The van der Waals surface area contributed by atoms with Gasteiger partial charge in [-0.05, 0) is 23.6 Å². The molecule has 2 aromatic rings. The van der Waals surface area contributed by atoms with Crippen molar-refractivity contribution in [3.63, 3.8) is 0 Å². The molecule has 0 saturated carbocycles. The van der Waals surface area contributed by atoms with Gasteiger partial charge in [-0.3, -0.25) is 4.79 Å². The maximum atomic E-state index is 13.4. The standard InChI is InChI=1S/C16H15FO/c1-2-12-7-9-13(10-8-12)16(18)11-14-5-3-4-6-15(14)17/h3-10H,2,11H2,1H3. The number of hydrogen-bond donors (Lipinski definition) is 0. The molecule has 1 nitrogen and oxygen atoms in total. The highest BCUT2D eigenvalue weighted by molar-refractivity contribution is 5.97. The summed E-state index contributed by atoms with van der Waals surface area (Å²) in [6, 6.07) is 13.9. The van der Waals surface area contributed by atoms with Crippen molar-refractivity contribution in [2.45, 2.75) is 19.8 Å². The SMILES string of the molecule is CCc1ccc(C(=O)Cc2ccccc2F)cc1. The molecule has 0 atom stereocenters. The lowest BCUT2D eigenvalue weighted by Crippen LogP contribution is -2.05. The Kier molecular flexibility index (Phi) is 3.88. The average molecular weight is 242 g/mol. The Labute approximate surface area is 106 Å². The molecule has 0 fully saturated rings. The largest absolute Gasteiger partial charge is 0.294 e. The predicted molar refractivity (Wildman–Crippen MR) is 70.3 cm³/mol. The van der Waals surface area contributed by atoms with Gasteiger partial charge in [-0.2, -0.15) is 0 Å². The first-order valence-corrected chi connectivity index (χ1v) is 6.06. The van der Waals surface area contributed by atoms with Crippen LogP contribution in [0, 0.1) is 5.82 Å². The maximum absolute atomic E-state index is 13.4. The highest BCUT2D eigenvalue weighted by Crippen LogP contribution is 2.12.